The molecule has 0 fully saturated rings. The third-order valence-corrected chi connectivity index (χ3v) is 0.183. The Hall–Kier alpha value is 1.15. The van der Waals surface area contributed by atoms with Gasteiger partial charge in [0.25, 0.3) is 0 Å². The Bertz CT molecular complexity index is 223. The molecule has 0 aliphatic carbocycles. The summed E-state index contributed by atoms with van der Waals surface area (Å²) in [6, 6.07) is 0. The van der Waals surface area contributed by atoms with Gasteiger partial charge in [-0.05, 0) is 0 Å². The Labute approximate surface area is 120 Å². The summed E-state index contributed by atoms with van der Waals surface area (Å²) >= 11 is -6.02. The maximum absolute atomic E-state index is 9.10. The van der Waals surface area contributed by atoms with Crippen LogP contribution in [0.25, 0.3) is 0 Å². The van der Waals surface area contributed by atoms with Gasteiger partial charge in [-0.1, -0.05) is 0 Å². The molecule has 0 bridgehead atoms. The van der Waals surface area contributed by atoms with Gasteiger partial charge in [0, 0.05) is 0 Å². The van der Waals surface area contributed by atoms with Crippen molar-refractivity contribution in [2.75, 3.05) is 0 Å². The SMILES string of the molecule is O=C(O)C(=O)O.[Na+].[Na+].[O]=[Mo](=[O])([O-])[O-]. The summed E-state index contributed by atoms with van der Waals surface area (Å²) in [5.74, 6) is -3.65. The number of rotatable bonds is 0. The van der Waals surface area contributed by atoms with Gasteiger partial charge in [0.15, 0.2) is 0 Å². The van der Waals surface area contributed by atoms with Crippen molar-refractivity contribution in [2.24, 2.45) is 0 Å². The first-order valence-corrected chi connectivity index (χ1v) is 5.05. The molecule has 0 amide bonds. The Morgan fingerprint density at radius 1 is 0.923 bits per heavy atom. The van der Waals surface area contributed by atoms with Crippen LogP contribution in [0.2, 0.25) is 0 Å². The zero-order chi connectivity index (χ0) is 9.65. The third-order valence-electron chi connectivity index (χ3n) is 0.183. The molecular formula is C2H2MoNa2O8. The fraction of sp³-hybridized carbons (Fsp3) is 0. The van der Waals surface area contributed by atoms with Gasteiger partial charge >= 0.3 is 102 Å². The van der Waals surface area contributed by atoms with Gasteiger partial charge in [0.1, 0.15) is 0 Å². The molecule has 0 spiro atoms. The Balaban J connectivity index is -0.0000000546. The van der Waals surface area contributed by atoms with Crippen LogP contribution in [0.3, 0.4) is 0 Å². The number of carbonyl (C=O) groups is 2. The van der Waals surface area contributed by atoms with Crippen LogP contribution in [0.5, 0.6) is 0 Å². The molecule has 0 aromatic rings. The molecule has 0 saturated carbocycles. The Kier molecular flexibility index (Phi) is 20.5. The van der Waals surface area contributed by atoms with Crippen LogP contribution in [0.1, 0.15) is 0 Å². The molecule has 0 aromatic heterocycles. The van der Waals surface area contributed by atoms with Crippen molar-refractivity contribution in [1.82, 2.24) is 0 Å². The van der Waals surface area contributed by atoms with E-state index in [-0.39, 0.29) is 59.1 Å². The van der Waals surface area contributed by atoms with Crippen molar-refractivity contribution >= 4 is 11.9 Å². The second kappa shape index (κ2) is 11.2. The van der Waals surface area contributed by atoms with E-state index >= 15 is 0 Å². The quantitative estimate of drug-likeness (QED) is 0.330. The van der Waals surface area contributed by atoms with Crippen LogP contribution >= 0.6 is 0 Å². The summed E-state index contributed by atoms with van der Waals surface area (Å²) in [5.41, 5.74) is 0. The van der Waals surface area contributed by atoms with E-state index in [2.05, 4.69) is 0 Å². The minimum atomic E-state index is -6.02. The molecule has 0 unspecified atom stereocenters. The van der Waals surface area contributed by atoms with E-state index in [9.17, 15) is 0 Å². The molecule has 11 heteroatoms. The number of hydrogen-bond donors (Lipinski definition) is 2. The molecule has 66 valence electrons. The van der Waals surface area contributed by atoms with Gasteiger partial charge < -0.3 is 10.2 Å². The molecule has 2 N–H and O–H groups in total. The molecule has 0 heterocycles. The molecule has 0 aromatic carbocycles. The molecular weight excluding hydrogens is 294 g/mol. The van der Waals surface area contributed by atoms with Crippen molar-refractivity contribution in [3.05, 3.63) is 0 Å². The first kappa shape index (κ1) is 23.7. The zero-order valence-corrected chi connectivity index (χ0v) is 12.8. The van der Waals surface area contributed by atoms with Crippen LogP contribution in [0.4, 0.5) is 0 Å². The summed E-state index contributed by atoms with van der Waals surface area (Å²) in [4.78, 5) is 18.2. The molecule has 13 heavy (non-hydrogen) atoms. The third kappa shape index (κ3) is 61.7. The van der Waals surface area contributed by atoms with Crippen LogP contribution < -0.4 is 66.6 Å². The topological polar surface area (TPSA) is 155 Å². The Morgan fingerprint density at radius 2 is 1.00 bits per heavy atom. The van der Waals surface area contributed by atoms with Gasteiger partial charge in [0.2, 0.25) is 0 Å². The number of carboxylic acids is 2. The second-order valence-corrected chi connectivity index (χ2v) is 3.03. The van der Waals surface area contributed by atoms with Crippen molar-refractivity contribution in [3.63, 3.8) is 0 Å². The summed E-state index contributed by atoms with van der Waals surface area (Å²) < 4.78 is 34.5. The molecule has 0 aliphatic heterocycles. The zero-order valence-electron chi connectivity index (χ0n) is 6.75. The first-order valence-electron chi connectivity index (χ1n) is 1.77. The molecule has 0 atom stereocenters. The van der Waals surface area contributed by atoms with E-state index in [0.717, 1.165) is 0 Å². The standard InChI is InChI=1S/C2H2O4.Mo.2Na.4O/c3-1(4)2(5)6;;;;;;;/h(H,3,4)(H,5,6);;;;;;;/q;;2*+1;;;2*-1. The number of aliphatic carboxylic acids is 2. The molecule has 0 saturated heterocycles. The number of hydrogen-bond acceptors (Lipinski definition) is 6. The Morgan fingerprint density at radius 3 is 1.00 bits per heavy atom. The van der Waals surface area contributed by atoms with Crippen molar-refractivity contribution in [2.45, 2.75) is 0 Å². The van der Waals surface area contributed by atoms with E-state index in [0.29, 0.717) is 0 Å². The van der Waals surface area contributed by atoms with Crippen molar-refractivity contribution in [3.8, 4) is 0 Å². The van der Waals surface area contributed by atoms with Gasteiger partial charge in [-0.15, -0.1) is 0 Å². The van der Waals surface area contributed by atoms with E-state index in [1.807, 2.05) is 0 Å². The molecule has 0 radical (unpaired) electrons. The van der Waals surface area contributed by atoms with Crippen LogP contribution in [0, 0.1) is 0 Å². The van der Waals surface area contributed by atoms with Gasteiger partial charge in [-0.3, -0.25) is 0 Å². The number of carboxylic acid groups (broad SMARTS) is 2. The van der Waals surface area contributed by atoms with Crippen molar-refractivity contribution < 1.29 is 110 Å². The van der Waals surface area contributed by atoms with Crippen molar-refractivity contribution in [1.29, 1.82) is 0 Å². The average molecular weight is 296 g/mol. The molecule has 0 aliphatic rings. The monoisotopic (exact) mass is 298 g/mol. The van der Waals surface area contributed by atoms with Crippen LogP contribution in [-0.4, -0.2) is 22.2 Å². The second-order valence-electron chi connectivity index (χ2n) is 1.02. The van der Waals surface area contributed by atoms with Gasteiger partial charge in [-0.2, -0.15) is 0 Å². The predicted octanol–water partition coefficient (Wildman–Crippen LogP) is -9.45. The summed E-state index contributed by atoms with van der Waals surface area (Å²) in [5, 5.41) is 14.8. The fourth-order valence-electron chi connectivity index (χ4n) is 0. The summed E-state index contributed by atoms with van der Waals surface area (Å²) in [6.07, 6.45) is 0. The average Bonchev–Trinajstić information content (AvgIpc) is 1.59. The predicted molar refractivity (Wildman–Crippen MR) is 16.6 cm³/mol. The minimum absolute atomic E-state index is 0. The van der Waals surface area contributed by atoms with Crippen LogP contribution in [0.15, 0.2) is 0 Å². The van der Waals surface area contributed by atoms with Gasteiger partial charge in [-0.25, -0.2) is 9.59 Å². The van der Waals surface area contributed by atoms with Gasteiger partial charge in [0.05, 0.1) is 0 Å². The molecule has 8 nitrogen and oxygen atoms in total. The van der Waals surface area contributed by atoms with E-state index in [1.165, 1.54) is 0 Å². The first-order chi connectivity index (χ1) is 4.64. The molecule has 0 rings (SSSR count). The summed E-state index contributed by atoms with van der Waals surface area (Å²) in [7, 11) is 0. The van der Waals surface area contributed by atoms with E-state index in [1.54, 1.807) is 0 Å². The summed E-state index contributed by atoms with van der Waals surface area (Å²) in [6.45, 7) is 0. The van der Waals surface area contributed by atoms with Crippen LogP contribution in [-0.2, 0) is 33.1 Å². The van der Waals surface area contributed by atoms with E-state index in [4.69, 9.17) is 34.1 Å². The fourth-order valence-corrected chi connectivity index (χ4v) is 0. The normalized spacial score (nSPS) is 7.85. The maximum atomic E-state index is 9.10. The van der Waals surface area contributed by atoms with E-state index < -0.39 is 28.7 Å².